The van der Waals surface area contributed by atoms with Crippen molar-refractivity contribution in [3.63, 3.8) is 0 Å². The largest absolute Gasteiger partial charge is 0.328 e. The van der Waals surface area contributed by atoms with Gasteiger partial charge in [0.2, 0.25) is 0 Å². The van der Waals surface area contributed by atoms with Crippen LogP contribution in [-0.4, -0.2) is 23.1 Å². The summed E-state index contributed by atoms with van der Waals surface area (Å²) in [6, 6.07) is 19.0. The van der Waals surface area contributed by atoms with Crippen LogP contribution in [0, 0.1) is 0 Å². The number of benzene rings is 2. The van der Waals surface area contributed by atoms with E-state index in [1.807, 2.05) is 7.05 Å². The van der Waals surface area contributed by atoms with Crippen molar-refractivity contribution in [3.8, 4) is 0 Å². The zero-order chi connectivity index (χ0) is 14.5. The number of para-hydroxylation sites is 2. The minimum atomic E-state index is 0.953. The van der Waals surface area contributed by atoms with E-state index in [0.29, 0.717) is 0 Å². The first-order valence-electron chi connectivity index (χ1n) is 7.51. The minimum absolute atomic E-state index is 0.953. The average Bonchev–Trinajstić information content (AvgIpc) is 2.89. The molecule has 0 unspecified atom stereocenters. The van der Waals surface area contributed by atoms with Crippen molar-refractivity contribution in [2.75, 3.05) is 13.6 Å². The third kappa shape index (κ3) is 3.14. The van der Waals surface area contributed by atoms with Crippen LogP contribution in [0.3, 0.4) is 0 Å². The molecule has 0 atom stereocenters. The number of fused-ring (bicyclic) bond motifs is 1. The van der Waals surface area contributed by atoms with Gasteiger partial charge in [-0.15, -0.1) is 0 Å². The van der Waals surface area contributed by atoms with Gasteiger partial charge in [-0.1, -0.05) is 42.5 Å². The van der Waals surface area contributed by atoms with Crippen LogP contribution in [0.1, 0.15) is 11.4 Å². The third-order valence-corrected chi connectivity index (χ3v) is 3.80. The molecule has 0 bridgehead atoms. The molecular formula is C18H21N3. The van der Waals surface area contributed by atoms with E-state index < -0.39 is 0 Å². The molecule has 2 aromatic carbocycles. The molecule has 108 valence electrons. The lowest BCUT2D eigenvalue weighted by atomic mass is 10.1. The average molecular weight is 279 g/mol. The minimum Gasteiger partial charge on any atom is -0.328 e. The molecular weight excluding hydrogens is 258 g/mol. The van der Waals surface area contributed by atoms with Gasteiger partial charge in [0.25, 0.3) is 0 Å². The van der Waals surface area contributed by atoms with Crippen LogP contribution in [0.25, 0.3) is 11.0 Å². The SMILES string of the molecule is CNCCc1nc2ccccc2n1CCc1ccccc1. The molecule has 0 saturated heterocycles. The van der Waals surface area contributed by atoms with E-state index in [4.69, 9.17) is 4.98 Å². The number of nitrogens with zero attached hydrogens (tertiary/aromatic N) is 2. The predicted octanol–water partition coefficient (Wildman–Crippen LogP) is 3.04. The Kier molecular flexibility index (Phi) is 4.31. The lowest BCUT2D eigenvalue weighted by Crippen LogP contribution is -2.14. The Labute approximate surface area is 125 Å². The Bertz CT molecular complexity index is 701. The summed E-state index contributed by atoms with van der Waals surface area (Å²) in [4.78, 5) is 4.79. The number of hydrogen-bond acceptors (Lipinski definition) is 2. The highest BCUT2D eigenvalue weighted by atomic mass is 15.1. The van der Waals surface area contributed by atoms with Gasteiger partial charge in [-0.3, -0.25) is 0 Å². The maximum Gasteiger partial charge on any atom is 0.111 e. The van der Waals surface area contributed by atoms with Crippen molar-refractivity contribution < 1.29 is 0 Å². The summed E-state index contributed by atoms with van der Waals surface area (Å²) >= 11 is 0. The summed E-state index contributed by atoms with van der Waals surface area (Å²) in [5, 5.41) is 3.21. The second-order valence-corrected chi connectivity index (χ2v) is 5.26. The van der Waals surface area contributed by atoms with E-state index in [1.54, 1.807) is 0 Å². The number of likely N-dealkylation sites (N-methyl/N-ethyl adjacent to an activating group) is 1. The van der Waals surface area contributed by atoms with Gasteiger partial charge in [-0.05, 0) is 31.2 Å². The monoisotopic (exact) mass is 279 g/mol. The smallest absolute Gasteiger partial charge is 0.111 e. The van der Waals surface area contributed by atoms with Crippen molar-refractivity contribution in [3.05, 3.63) is 66.0 Å². The summed E-state index contributed by atoms with van der Waals surface area (Å²) in [5.41, 5.74) is 3.70. The van der Waals surface area contributed by atoms with Crippen LogP contribution in [0.4, 0.5) is 0 Å². The first-order chi connectivity index (χ1) is 10.4. The molecule has 0 amide bonds. The van der Waals surface area contributed by atoms with Gasteiger partial charge in [-0.2, -0.15) is 0 Å². The van der Waals surface area contributed by atoms with Crippen LogP contribution in [0.2, 0.25) is 0 Å². The zero-order valence-electron chi connectivity index (χ0n) is 12.4. The Morgan fingerprint density at radius 1 is 0.952 bits per heavy atom. The van der Waals surface area contributed by atoms with Gasteiger partial charge in [0, 0.05) is 19.5 Å². The number of hydrogen-bond donors (Lipinski definition) is 1. The first-order valence-corrected chi connectivity index (χ1v) is 7.51. The molecule has 3 rings (SSSR count). The predicted molar refractivity (Wildman–Crippen MR) is 87.5 cm³/mol. The molecule has 0 radical (unpaired) electrons. The summed E-state index contributed by atoms with van der Waals surface area (Å²) in [6.45, 7) is 1.93. The Morgan fingerprint density at radius 3 is 2.52 bits per heavy atom. The molecule has 0 aliphatic carbocycles. The second-order valence-electron chi connectivity index (χ2n) is 5.26. The standard InChI is InChI=1S/C18H21N3/c1-19-13-11-18-20-16-9-5-6-10-17(16)21(18)14-12-15-7-3-2-4-8-15/h2-10,19H,11-14H2,1H3. The summed E-state index contributed by atoms with van der Waals surface area (Å²) in [6.07, 6.45) is 1.99. The van der Waals surface area contributed by atoms with E-state index >= 15 is 0 Å². The van der Waals surface area contributed by atoms with Gasteiger partial charge < -0.3 is 9.88 Å². The van der Waals surface area contributed by atoms with Crippen molar-refractivity contribution in [2.24, 2.45) is 0 Å². The molecule has 0 aliphatic heterocycles. The van der Waals surface area contributed by atoms with Crippen molar-refractivity contribution >= 4 is 11.0 Å². The second kappa shape index (κ2) is 6.55. The Hall–Kier alpha value is -2.13. The summed E-state index contributed by atoms with van der Waals surface area (Å²) in [5.74, 6) is 1.17. The van der Waals surface area contributed by atoms with Crippen LogP contribution >= 0.6 is 0 Å². The quantitative estimate of drug-likeness (QED) is 0.751. The fraction of sp³-hybridized carbons (Fsp3) is 0.278. The van der Waals surface area contributed by atoms with E-state index in [0.717, 1.165) is 31.4 Å². The maximum atomic E-state index is 4.79. The van der Waals surface area contributed by atoms with Gasteiger partial charge >= 0.3 is 0 Å². The molecule has 3 aromatic rings. The van der Waals surface area contributed by atoms with E-state index in [1.165, 1.54) is 16.9 Å². The lowest BCUT2D eigenvalue weighted by Gasteiger charge is -2.09. The molecule has 0 spiro atoms. The number of aromatic nitrogens is 2. The Morgan fingerprint density at radius 2 is 1.71 bits per heavy atom. The molecule has 3 heteroatoms. The maximum absolute atomic E-state index is 4.79. The van der Waals surface area contributed by atoms with E-state index in [-0.39, 0.29) is 0 Å². The summed E-state index contributed by atoms with van der Waals surface area (Å²) in [7, 11) is 1.98. The fourth-order valence-electron chi connectivity index (χ4n) is 2.69. The van der Waals surface area contributed by atoms with Crippen molar-refractivity contribution in [2.45, 2.75) is 19.4 Å². The molecule has 0 saturated carbocycles. The Balaban J connectivity index is 1.87. The van der Waals surface area contributed by atoms with Crippen LogP contribution in [0.15, 0.2) is 54.6 Å². The molecule has 0 fully saturated rings. The molecule has 3 nitrogen and oxygen atoms in total. The van der Waals surface area contributed by atoms with Gasteiger partial charge in [0.1, 0.15) is 5.82 Å². The first kappa shape index (κ1) is 13.8. The number of imidazole rings is 1. The van der Waals surface area contributed by atoms with E-state index in [9.17, 15) is 0 Å². The highest BCUT2D eigenvalue weighted by Gasteiger charge is 2.09. The van der Waals surface area contributed by atoms with E-state index in [2.05, 4.69) is 64.5 Å². The topological polar surface area (TPSA) is 29.9 Å². The number of nitrogens with one attached hydrogen (secondary N) is 1. The summed E-state index contributed by atoms with van der Waals surface area (Å²) < 4.78 is 2.36. The van der Waals surface area contributed by atoms with Crippen LogP contribution < -0.4 is 5.32 Å². The third-order valence-electron chi connectivity index (χ3n) is 3.80. The number of rotatable bonds is 6. The van der Waals surface area contributed by atoms with Crippen LogP contribution in [-0.2, 0) is 19.4 Å². The number of aryl methyl sites for hydroxylation is 2. The van der Waals surface area contributed by atoms with Crippen LogP contribution in [0.5, 0.6) is 0 Å². The highest BCUT2D eigenvalue weighted by Crippen LogP contribution is 2.17. The van der Waals surface area contributed by atoms with Crippen molar-refractivity contribution in [1.29, 1.82) is 0 Å². The molecule has 21 heavy (non-hydrogen) atoms. The molecule has 1 heterocycles. The molecule has 0 aliphatic rings. The lowest BCUT2D eigenvalue weighted by molar-refractivity contribution is 0.648. The van der Waals surface area contributed by atoms with Gasteiger partial charge in [-0.25, -0.2) is 4.98 Å². The van der Waals surface area contributed by atoms with Gasteiger partial charge in [0.05, 0.1) is 11.0 Å². The fourth-order valence-corrected chi connectivity index (χ4v) is 2.69. The molecule has 1 aromatic heterocycles. The normalized spacial score (nSPS) is 11.1. The molecule has 1 N–H and O–H groups in total. The zero-order valence-corrected chi connectivity index (χ0v) is 12.4. The van der Waals surface area contributed by atoms with Gasteiger partial charge in [0.15, 0.2) is 0 Å². The highest BCUT2D eigenvalue weighted by molar-refractivity contribution is 5.75. The van der Waals surface area contributed by atoms with Crippen molar-refractivity contribution in [1.82, 2.24) is 14.9 Å².